The molecule has 0 unspecified atom stereocenters. The second-order valence-corrected chi connectivity index (χ2v) is 11.9. The number of rotatable bonds is 10. The van der Waals surface area contributed by atoms with E-state index in [1.807, 2.05) is 29.2 Å². The number of carbonyl (C=O) groups is 1. The predicted molar refractivity (Wildman–Crippen MR) is 159 cm³/mol. The Balaban J connectivity index is 1.06. The molecule has 2 aliphatic heterocycles. The van der Waals surface area contributed by atoms with Crippen LogP contribution in [0.15, 0.2) is 70.5 Å². The van der Waals surface area contributed by atoms with E-state index in [1.165, 1.54) is 17.8 Å². The third-order valence-electron chi connectivity index (χ3n) is 7.20. The van der Waals surface area contributed by atoms with Gasteiger partial charge in [-0.3, -0.25) is 4.90 Å². The van der Waals surface area contributed by atoms with Gasteiger partial charge in [-0.25, -0.2) is 4.79 Å². The van der Waals surface area contributed by atoms with Gasteiger partial charge < -0.3 is 19.3 Å². The highest BCUT2D eigenvalue weighted by Crippen LogP contribution is 2.49. The van der Waals surface area contributed by atoms with Crippen LogP contribution in [-0.4, -0.2) is 74.8 Å². The molecule has 0 aromatic heterocycles. The standard InChI is InChI=1S/C30H30Cl2F3N3O3S/c31-22-5-3-6-23(32)29(22)41-20-28(39)40-18-17-37-15-13-36(14-16-37)11-4-12-38-24-7-1-2-8-26(24)42-27-10-9-21(19-25(27)38)30(33,34)35/h1-3,5-10,19H,4,11-18,20H2. The van der Waals surface area contributed by atoms with Crippen LogP contribution in [0.5, 0.6) is 5.75 Å². The van der Waals surface area contributed by atoms with Gasteiger partial charge in [0.25, 0.3) is 0 Å². The van der Waals surface area contributed by atoms with Crippen molar-refractivity contribution in [1.29, 1.82) is 0 Å². The number of para-hydroxylation sites is 2. The van der Waals surface area contributed by atoms with Crippen LogP contribution in [0.4, 0.5) is 24.5 Å². The van der Waals surface area contributed by atoms with Gasteiger partial charge in [0.05, 0.1) is 27.0 Å². The van der Waals surface area contributed by atoms with Gasteiger partial charge in [-0.15, -0.1) is 0 Å². The molecule has 3 aromatic rings. The Hall–Kier alpha value is -2.63. The van der Waals surface area contributed by atoms with Crippen molar-refractivity contribution in [3.05, 3.63) is 76.3 Å². The monoisotopic (exact) mass is 639 g/mol. The average molecular weight is 641 g/mol. The number of piperazine rings is 1. The summed E-state index contributed by atoms with van der Waals surface area (Å²) >= 11 is 13.6. The van der Waals surface area contributed by atoms with Crippen molar-refractivity contribution in [3.63, 3.8) is 0 Å². The minimum atomic E-state index is -4.39. The number of carbonyl (C=O) groups excluding carboxylic acids is 1. The molecule has 12 heteroatoms. The lowest BCUT2D eigenvalue weighted by Gasteiger charge is -2.36. The van der Waals surface area contributed by atoms with Crippen LogP contribution in [0.1, 0.15) is 12.0 Å². The Bertz CT molecular complexity index is 1380. The summed E-state index contributed by atoms with van der Waals surface area (Å²) in [4.78, 5) is 20.6. The number of ether oxygens (including phenoxy) is 2. The first kappa shape index (κ1) is 30.8. The van der Waals surface area contributed by atoms with E-state index >= 15 is 0 Å². The SMILES string of the molecule is O=C(COc1c(Cl)cccc1Cl)OCCN1CCN(CCCN2c3ccccc3Sc3ccc(C(F)(F)F)cc32)CC1. The van der Waals surface area contributed by atoms with Crippen LogP contribution in [0.2, 0.25) is 10.0 Å². The molecule has 1 saturated heterocycles. The van der Waals surface area contributed by atoms with E-state index < -0.39 is 17.7 Å². The summed E-state index contributed by atoms with van der Waals surface area (Å²) < 4.78 is 51.1. The van der Waals surface area contributed by atoms with Crippen molar-refractivity contribution in [2.75, 3.05) is 63.9 Å². The van der Waals surface area contributed by atoms with E-state index in [-0.39, 0.29) is 19.0 Å². The zero-order valence-electron chi connectivity index (χ0n) is 22.7. The highest BCUT2D eigenvalue weighted by atomic mass is 35.5. The maximum Gasteiger partial charge on any atom is 0.416 e. The molecular weight excluding hydrogens is 610 g/mol. The molecule has 0 bridgehead atoms. The summed E-state index contributed by atoms with van der Waals surface area (Å²) in [5, 5.41) is 0.654. The molecule has 224 valence electrons. The van der Waals surface area contributed by atoms with Crippen LogP contribution in [0.3, 0.4) is 0 Å². The van der Waals surface area contributed by atoms with Crippen LogP contribution >= 0.6 is 35.0 Å². The molecule has 0 N–H and O–H groups in total. The molecule has 3 aromatic carbocycles. The first-order valence-corrected chi connectivity index (χ1v) is 15.2. The summed E-state index contributed by atoms with van der Waals surface area (Å²) in [5.41, 5.74) is 0.910. The Morgan fingerprint density at radius 2 is 1.50 bits per heavy atom. The number of benzene rings is 3. The average Bonchev–Trinajstić information content (AvgIpc) is 2.96. The Morgan fingerprint density at radius 1 is 0.833 bits per heavy atom. The van der Waals surface area contributed by atoms with Crippen molar-refractivity contribution in [2.45, 2.75) is 22.4 Å². The highest BCUT2D eigenvalue weighted by Gasteiger charge is 2.33. The number of fused-ring (bicyclic) bond motifs is 2. The minimum absolute atomic E-state index is 0.254. The molecule has 5 rings (SSSR count). The zero-order chi connectivity index (χ0) is 29.7. The van der Waals surface area contributed by atoms with E-state index in [2.05, 4.69) is 9.80 Å². The van der Waals surface area contributed by atoms with E-state index in [4.69, 9.17) is 32.7 Å². The van der Waals surface area contributed by atoms with Crippen molar-refractivity contribution < 1.29 is 27.4 Å². The molecular formula is C30H30Cl2F3N3O3S. The Morgan fingerprint density at radius 3 is 2.21 bits per heavy atom. The Labute approximate surface area is 257 Å². The van der Waals surface area contributed by atoms with E-state index in [1.54, 1.807) is 24.3 Å². The summed E-state index contributed by atoms with van der Waals surface area (Å²) in [6.45, 7) is 5.45. The molecule has 0 aliphatic carbocycles. The molecule has 0 amide bonds. The largest absolute Gasteiger partial charge is 0.479 e. The number of esters is 1. The molecule has 1 fully saturated rings. The molecule has 42 heavy (non-hydrogen) atoms. The van der Waals surface area contributed by atoms with Gasteiger partial charge in [0.15, 0.2) is 12.4 Å². The van der Waals surface area contributed by atoms with Crippen molar-refractivity contribution in [2.24, 2.45) is 0 Å². The molecule has 0 saturated carbocycles. The summed E-state index contributed by atoms with van der Waals surface area (Å²) in [5.74, 6) is -0.237. The van der Waals surface area contributed by atoms with Gasteiger partial charge in [-0.05, 0) is 55.4 Å². The molecule has 0 radical (unpaired) electrons. The van der Waals surface area contributed by atoms with Crippen LogP contribution < -0.4 is 9.64 Å². The molecule has 0 spiro atoms. The van der Waals surface area contributed by atoms with Gasteiger partial charge >= 0.3 is 12.1 Å². The third-order valence-corrected chi connectivity index (χ3v) is 8.92. The summed E-state index contributed by atoms with van der Waals surface area (Å²) in [6.07, 6.45) is -3.58. The van der Waals surface area contributed by atoms with Gasteiger partial charge in [0, 0.05) is 49.1 Å². The Kier molecular flexibility index (Phi) is 10.1. The lowest BCUT2D eigenvalue weighted by Crippen LogP contribution is -2.47. The maximum atomic E-state index is 13.5. The van der Waals surface area contributed by atoms with Crippen LogP contribution in [0.25, 0.3) is 0 Å². The van der Waals surface area contributed by atoms with Gasteiger partial charge in [0.1, 0.15) is 6.61 Å². The maximum absolute atomic E-state index is 13.5. The normalized spacial score (nSPS) is 15.7. The first-order valence-electron chi connectivity index (χ1n) is 13.6. The van der Waals surface area contributed by atoms with E-state index in [0.717, 1.165) is 60.7 Å². The second-order valence-electron chi connectivity index (χ2n) is 10.00. The summed E-state index contributed by atoms with van der Waals surface area (Å²) in [6, 6.07) is 16.8. The van der Waals surface area contributed by atoms with E-state index in [0.29, 0.717) is 28.8 Å². The number of nitrogens with zero attached hydrogens (tertiary/aromatic N) is 3. The quantitative estimate of drug-likeness (QED) is 0.217. The number of anilines is 2. The number of halogens is 5. The van der Waals surface area contributed by atoms with Crippen LogP contribution in [-0.2, 0) is 15.7 Å². The third kappa shape index (κ3) is 7.65. The fourth-order valence-corrected chi connectivity index (χ4v) is 6.60. The van der Waals surface area contributed by atoms with Crippen molar-refractivity contribution >= 4 is 52.3 Å². The van der Waals surface area contributed by atoms with Gasteiger partial charge in [-0.1, -0.05) is 53.2 Å². The number of hydrogen-bond donors (Lipinski definition) is 0. The van der Waals surface area contributed by atoms with Crippen molar-refractivity contribution in [1.82, 2.24) is 9.80 Å². The second kappa shape index (κ2) is 13.8. The van der Waals surface area contributed by atoms with E-state index in [9.17, 15) is 18.0 Å². The fourth-order valence-electron chi connectivity index (χ4n) is 5.02. The molecule has 0 atom stereocenters. The predicted octanol–water partition coefficient (Wildman–Crippen LogP) is 7.24. The first-order chi connectivity index (χ1) is 20.2. The minimum Gasteiger partial charge on any atom is -0.479 e. The summed E-state index contributed by atoms with van der Waals surface area (Å²) in [7, 11) is 0. The van der Waals surface area contributed by atoms with Gasteiger partial charge in [-0.2, -0.15) is 13.2 Å². The lowest BCUT2D eigenvalue weighted by molar-refractivity contribution is -0.146. The number of alkyl halides is 3. The van der Waals surface area contributed by atoms with Crippen molar-refractivity contribution in [3.8, 4) is 5.75 Å². The molecule has 2 heterocycles. The molecule has 6 nitrogen and oxygen atoms in total. The zero-order valence-corrected chi connectivity index (χ0v) is 25.0. The smallest absolute Gasteiger partial charge is 0.416 e. The highest BCUT2D eigenvalue weighted by molar-refractivity contribution is 7.99. The molecule has 2 aliphatic rings. The topological polar surface area (TPSA) is 45.3 Å². The van der Waals surface area contributed by atoms with Crippen LogP contribution in [0, 0.1) is 0 Å². The lowest BCUT2D eigenvalue weighted by atomic mass is 10.1. The van der Waals surface area contributed by atoms with Gasteiger partial charge in [0.2, 0.25) is 0 Å². The fraction of sp³-hybridized carbons (Fsp3) is 0.367. The number of hydrogen-bond acceptors (Lipinski definition) is 7.